The van der Waals surface area contributed by atoms with Gasteiger partial charge in [0.2, 0.25) is 5.95 Å². The molecular weight excluding hydrogens is 684 g/mol. The molecule has 0 aromatic carbocycles. The summed E-state index contributed by atoms with van der Waals surface area (Å²) >= 11 is 9.27. The van der Waals surface area contributed by atoms with Crippen LogP contribution in [0.2, 0.25) is 0 Å². The lowest BCUT2D eigenvalue weighted by Crippen LogP contribution is -2.36. The third kappa shape index (κ3) is 5.54. The molecule has 4 aromatic rings. The summed E-state index contributed by atoms with van der Waals surface area (Å²) in [6.07, 6.45) is -8.76. The summed E-state index contributed by atoms with van der Waals surface area (Å²) in [5.74, 6) is -0.175. The van der Waals surface area contributed by atoms with Gasteiger partial charge >= 0.3 is 13.5 Å². The van der Waals surface area contributed by atoms with E-state index in [1.165, 1.54) is 17.2 Å². The molecule has 22 nitrogen and oxygen atoms in total. The summed E-state index contributed by atoms with van der Waals surface area (Å²) in [4.78, 5) is 41.8. The molecule has 242 valence electrons. The number of nitrogens with zero attached hydrogens (tertiary/aromatic N) is 8. The maximum atomic E-state index is 13.4. The number of nitrogens with one attached hydrogen (secondary N) is 1. The normalized spacial score (nSPS) is 37.7. The van der Waals surface area contributed by atoms with Gasteiger partial charge in [-0.3, -0.25) is 27.9 Å². The van der Waals surface area contributed by atoms with Crippen molar-refractivity contribution in [1.82, 2.24) is 44.5 Å². The van der Waals surface area contributed by atoms with Crippen molar-refractivity contribution in [1.29, 1.82) is 0 Å². The summed E-state index contributed by atoms with van der Waals surface area (Å²) < 4.78 is 49.9. The molecule has 26 heteroatoms. The molecule has 2 bridgehead atoms. The van der Waals surface area contributed by atoms with E-state index < -0.39 is 81.4 Å². The van der Waals surface area contributed by atoms with Crippen LogP contribution in [0.1, 0.15) is 12.5 Å². The van der Waals surface area contributed by atoms with Gasteiger partial charge < -0.3 is 40.6 Å². The molecule has 0 saturated carbocycles. The molecule has 45 heavy (non-hydrogen) atoms. The lowest BCUT2D eigenvalue weighted by atomic mass is 10.1. The van der Waals surface area contributed by atoms with Crippen molar-refractivity contribution in [2.24, 2.45) is 0 Å². The van der Waals surface area contributed by atoms with E-state index in [0.29, 0.717) is 0 Å². The Morgan fingerprint density at radius 1 is 1.00 bits per heavy atom. The summed E-state index contributed by atoms with van der Waals surface area (Å²) in [7, 11) is 0. The zero-order chi connectivity index (χ0) is 31.8. The summed E-state index contributed by atoms with van der Waals surface area (Å²) in [5, 5.41) is 30.0. The van der Waals surface area contributed by atoms with Gasteiger partial charge in [0.25, 0.3) is 5.56 Å². The van der Waals surface area contributed by atoms with Gasteiger partial charge in [-0.15, -0.1) is 5.10 Å². The molecule has 8 N–H and O–H groups in total. The molecule has 3 aliphatic rings. The van der Waals surface area contributed by atoms with Gasteiger partial charge in [-0.25, -0.2) is 19.5 Å². The van der Waals surface area contributed by atoms with E-state index >= 15 is 0 Å². The average Bonchev–Trinajstić information content (AvgIpc) is 3.72. The minimum absolute atomic E-state index is 0.0852. The zero-order valence-corrected chi connectivity index (χ0v) is 25.8. The van der Waals surface area contributed by atoms with E-state index in [4.69, 9.17) is 50.8 Å². The lowest BCUT2D eigenvalue weighted by molar-refractivity contribution is -0.0631. The Morgan fingerprint density at radius 2 is 1.76 bits per heavy atom. The Morgan fingerprint density at radius 3 is 2.56 bits per heavy atom. The third-order valence-corrected chi connectivity index (χ3v) is 10.4. The van der Waals surface area contributed by atoms with Crippen molar-refractivity contribution in [3.8, 4) is 0 Å². The summed E-state index contributed by atoms with van der Waals surface area (Å²) in [5.41, 5.74) is 11.0. The number of fused-ring (bicyclic) bond motifs is 5. The van der Waals surface area contributed by atoms with Crippen molar-refractivity contribution in [2.45, 2.75) is 49.1 Å². The standard InChI is InChI=1S/C19H23N11O11P2S2/c20-13-7-14(23-3-22-13)29(4-24-7)17-10(32)11-6(39-17)2-37-43(35,45)41-12-9(31)5(1-36-42(34,44)40-11)38-18(12)30-15-8(27-28-30)16(33)26-19(21)25-15/h3-6,9-12,17-18,31-32H,1-2H2,(H,34,44)(H,35,45)(H2,20,22,23)(H3,21,25,26,33)/t5-,6-,9?,10+,11?,12+,17-,18-,42?,43?/m1/s1. The fourth-order valence-corrected chi connectivity index (χ4v) is 8.07. The average molecular weight is 708 g/mol. The van der Waals surface area contributed by atoms with E-state index in [9.17, 15) is 24.5 Å². The van der Waals surface area contributed by atoms with Crippen LogP contribution >= 0.6 is 25.8 Å². The quantitative estimate of drug-likeness (QED) is 0.0884. The van der Waals surface area contributed by atoms with E-state index in [1.54, 1.807) is 0 Å². The van der Waals surface area contributed by atoms with Crippen molar-refractivity contribution in [3.05, 3.63) is 23.0 Å². The van der Waals surface area contributed by atoms with E-state index in [2.05, 4.69) is 47.5 Å². The smallest absolute Gasteiger partial charge is 0.386 e. The fourth-order valence-electron chi connectivity index (χ4n) is 5.17. The lowest BCUT2D eigenvalue weighted by Gasteiger charge is -2.27. The molecule has 0 aliphatic carbocycles. The highest BCUT2D eigenvalue weighted by Gasteiger charge is 2.53. The number of nitrogens with two attached hydrogens (primary N) is 2. The summed E-state index contributed by atoms with van der Waals surface area (Å²) in [6, 6.07) is 0. The molecule has 3 fully saturated rings. The van der Waals surface area contributed by atoms with Gasteiger partial charge in [0.1, 0.15) is 48.5 Å². The SMILES string of the molecule is Nc1nc2c(nnn2[C@@H]2O[C@@H]3COP(=O)(S)OC4[C@@H](COP(O)(=S)O[C@H]2C3O)O[C@@H](n2cnc3c(N)ncnc32)[C@H]4O)c(=O)[nH]1. The number of aliphatic hydroxyl groups is 2. The number of hydrogen-bond acceptors (Lipinski definition) is 19. The third-order valence-electron chi connectivity index (χ3n) is 7.19. The molecule has 0 amide bonds. The Hall–Kier alpha value is -2.70. The zero-order valence-electron chi connectivity index (χ0n) is 22.3. The monoisotopic (exact) mass is 707 g/mol. The summed E-state index contributed by atoms with van der Waals surface area (Å²) in [6.45, 7) is -9.77. The second kappa shape index (κ2) is 11.2. The first-order valence-electron chi connectivity index (χ1n) is 12.8. The number of aromatic nitrogens is 9. The molecule has 4 aromatic heterocycles. The Balaban J connectivity index is 1.21. The van der Waals surface area contributed by atoms with Crippen molar-refractivity contribution in [3.63, 3.8) is 0 Å². The molecule has 10 atom stereocenters. The van der Waals surface area contributed by atoms with Gasteiger partial charge in [0, 0.05) is 0 Å². The van der Waals surface area contributed by atoms with Crippen LogP contribution in [0, 0.1) is 0 Å². The minimum atomic E-state index is -4.33. The van der Waals surface area contributed by atoms with Crippen LogP contribution in [-0.2, 0) is 43.9 Å². The van der Waals surface area contributed by atoms with Crippen molar-refractivity contribution in [2.75, 3.05) is 24.7 Å². The highest BCUT2D eigenvalue weighted by molar-refractivity contribution is 8.44. The predicted octanol–water partition coefficient (Wildman–Crippen LogP) is -1.89. The van der Waals surface area contributed by atoms with Crippen molar-refractivity contribution >= 4 is 71.7 Å². The first kappa shape index (κ1) is 30.9. The number of thiol groups is 1. The number of H-pyrrole nitrogens is 1. The van der Waals surface area contributed by atoms with Gasteiger partial charge in [0.05, 0.1) is 19.5 Å². The van der Waals surface area contributed by atoms with Crippen LogP contribution in [-0.4, -0.2) is 109 Å². The number of aliphatic hydroxyl groups excluding tert-OH is 2. The molecule has 7 rings (SSSR count). The molecule has 7 heterocycles. The number of anilines is 2. The molecular formula is C19H23N11O11P2S2. The first-order valence-corrected chi connectivity index (χ1v) is 18.1. The topological polar surface area (TPSA) is 305 Å². The molecule has 3 aliphatic heterocycles. The van der Waals surface area contributed by atoms with Gasteiger partial charge in [0.15, 0.2) is 35.1 Å². The predicted molar refractivity (Wildman–Crippen MR) is 155 cm³/mol. The van der Waals surface area contributed by atoms with Crippen LogP contribution < -0.4 is 17.0 Å². The van der Waals surface area contributed by atoms with E-state index in [-0.39, 0.29) is 34.1 Å². The second-order valence-corrected chi connectivity index (χ2v) is 15.7. The maximum Gasteiger partial charge on any atom is 0.386 e. The van der Waals surface area contributed by atoms with E-state index in [0.717, 1.165) is 4.68 Å². The van der Waals surface area contributed by atoms with Crippen LogP contribution in [0.5, 0.6) is 0 Å². The van der Waals surface area contributed by atoms with Crippen LogP contribution in [0.3, 0.4) is 0 Å². The van der Waals surface area contributed by atoms with E-state index in [1.807, 2.05) is 0 Å². The van der Waals surface area contributed by atoms with Crippen LogP contribution in [0.15, 0.2) is 17.4 Å². The number of ether oxygens (including phenoxy) is 2. The number of nitrogen functional groups attached to an aromatic ring is 2. The van der Waals surface area contributed by atoms with Crippen LogP contribution in [0.4, 0.5) is 11.8 Å². The highest BCUT2D eigenvalue weighted by atomic mass is 32.7. The number of hydrogen-bond donors (Lipinski definition) is 7. The largest absolute Gasteiger partial charge is 0.387 e. The fraction of sp³-hybridized carbons (Fsp3) is 0.526. The Bertz CT molecular complexity index is 1940. The highest BCUT2D eigenvalue weighted by Crippen LogP contribution is 2.58. The number of rotatable bonds is 2. The molecule has 0 radical (unpaired) electrons. The van der Waals surface area contributed by atoms with Crippen LogP contribution in [0.25, 0.3) is 22.3 Å². The van der Waals surface area contributed by atoms with Gasteiger partial charge in [-0.1, -0.05) is 17.5 Å². The van der Waals surface area contributed by atoms with Gasteiger partial charge in [-0.2, -0.15) is 9.67 Å². The molecule has 0 spiro atoms. The minimum Gasteiger partial charge on any atom is -0.387 e. The van der Waals surface area contributed by atoms with Gasteiger partial charge in [-0.05, 0) is 11.8 Å². The van der Waals surface area contributed by atoms with Crippen molar-refractivity contribution < 1.29 is 47.2 Å². The number of imidazole rings is 1. The first-order chi connectivity index (χ1) is 21.3. The molecule has 3 saturated heterocycles. The molecule has 4 unspecified atom stereocenters. The Kier molecular flexibility index (Phi) is 7.71. The Labute approximate surface area is 259 Å². The maximum absolute atomic E-state index is 13.4. The second-order valence-electron chi connectivity index (χ2n) is 10.0. The number of aromatic amines is 1.